The minimum absolute atomic E-state index is 0.0955. The molecular formula is C10H14N2O. The summed E-state index contributed by atoms with van der Waals surface area (Å²) in [7, 11) is 1.83. The Morgan fingerprint density at radius 2 is 2.31 bits per heavy atom. The van der Waals surface area contributed by atoms with Crippen molar-refractivity contribution in [3.8, 4) is 0 Å². The molecule has 0 radical (unpaired) electrons. The predicted molar refractivity (Wildman–Crippen MR) is 51.7 cm³/mol. The van der Waals surface area contributed by atoms with Crippen molar-refractivity contribution >= 4 is 5.78 Å². The third kappa shape index (κ3) is 2.05. The van der Waals surface area contributed by atoms with Crippen molar-refractivity contribution in [2.75, 3.05) is 0 Å². The Morgan fingerprint density at radius 3 is 2.69 bits per heavy atom. The van der Waals surface area contributed by atoms with E-state index in [1.165, 1.54) is 0 Å². The minimum Gasteiger partial charge on any atom is -0.294 e. The van der Waals surface area contributed by atoms with Crippen molar-refractivity contribution in [2.45, 2.75) is 20.3 Å². The number of nitrogens with zero attached hydrogens (tertiary/aromatic N) is 2. The Balaban J connectivity index is 2.89. The van der Waals surface area contributed by atoms with E-state index in [1.807, 2.05) is 20.9 Å². The average molecular weight is 178 g/mol. The number of ketones is 1. The number of rotatable bonds is 3. The number of aromatic nitrogens is 2. The van der Waals surface area contributed by atoms with E-state index < -0.39 is 0 Å². The third-order valence-electron chi connectivity index (χ3n) is 2.00. The number of hydrogen-bond donors (Lipinski definition) is 0. The Kier molecular flexibility index (Phi) is 2.66. The predicted octanol–water partition coefficient (Wildman–Crippen LogP) is 1.88. The maximum absolute atomic E-state index is 11.6. The van der Waals surface area contributed by atoms with Crippen LogP contribution in [0.4, 0.5) is 0 Å². The minimum atomic E-state index is 0.0955. The molecule has 3 nitrogen and oxygen atoms in total. The quantitative estimate of drug-likeness (QED) is 0.523. The molecule has 0 fully saturated rings. The zero-order valence-electron chi connectivity index (χ0n) is 8.29. The topological polar surface area (TPSA) is 34.9 Å². The summed E-state index contributed by atoms with van der Waals surface area (Å²) in [5.41, 5.74) is 2.49. The number of allylic oxidation sites excluding steroid dienone is 1. The van der Waals surface area contributed by atoms with E-state index in [0.29, 0.717) is 12.0 Å². The zero-order valence-corrected chi connectivity index (χ0v) is 8.29. The summed E-state index contributed by atoms with van der Waals surface area (Å²) in [5, 5.41) is 4.01. The van der Waals surface area contributed by atoms with Crippen LogP contribution in [-0.2, 0) is 7.05 Å². The van der Waals surface area contributed by atoms with E-state index in [4.69, 9.17) is 0 Å². The molecule has 1 rings (SSSR count). The van der Waals surface area contributed by atoms with E-state index in [1.54, 1.807) is 10.9 Å². The summed E-state index contributed by atoms with van der Waals surface area (Å²) in [4.78, 5) is 11.6. The largest absolute Gasteiger partial charge is 0.294 e. The van der Waals surface area contributed by atoms with Crippen LogP contribution in [0, 0.1) is 6.92 Å². The highest BCUT2D eigenvalue weighted by molar-refractivity contribution is 5.98. The van der Waals surface area contributed by atoms with Crippen molar-refractivity contribution in [1.29, 1.82) is 0 Å². The van der Waals surface area contributed by atoms with Crippen molar-refractivity contribution < 1.29 is 4.79 Å². The Hall–Kier alpha value is -1.38. The van der Waals surface area contributed by atoms with Crippen molar-refractivity contribution in [3.63, 3.8) is 0 Å². The molecular weight excluding hydrogens is 164 g/mol. The second-order valence-corrected chi connectivity index (χ2v) is 3.32. The van der Waals surface area contributed by atoms with Crippen molar-refractivity contribution in [2.24, 2.45) is 7.05 Å². The fourth-order valence-electron chi connectivity index (χ4n) is 1.14. The fraction of sp³-hybridized carbons (Fsp3) is 0.400. The van der Waals surface area contributed by atoms with Crippen LogP contribution in [0.2, 0.25) is 0 Å². The van der Waals surface area contributed by atoms with Gasteiger partial charge in [0, 0.05) is 19.2 Å². The molecule has 0 saturated carbocycles. The highest BCUT2D eigenvalue weighted by Gasteiger charge is 2.11. The van der Waals surface area contributed by atoms with Gasteiger partial charge in [0.25, 0.3) is 0 Å². The van der Waals surface area contributed by atoms with Gasteiger partial charge in [-0.3, -0.25) is 9.48 Å². The molecule has 0 amide bonds. The third-order valence-corrected chi connectivity index (χ3v) is 2.00. The standard InChI is InChI=1S/C10H14N2O/c1-7(2)5-10(13)9-6-11-12(4)8(9)3/h6H,1,5H2,2-4H3. The number of carbonyl (C=O) groups is 1. The molecule has 0 aromatic carbocycles. The van der Waals surface area contributed by atoms with Gasteiger partial charge in [0.2, 0.25) is 0 Å². The molecule has 0 N–H and O–H groups in total. The van der Waals surface area contributed by atoms with E-state index in [2.05, 4.69) is 11.7 Å². The lowest BCUT2D eigenvalue weighted by Crippen LogP contribution is -2.01. The number of carbonyl (C=O) groups excluding carboxylic acids is 1. The molecule has 0 saturated heterocycles. The molecule has 1 aromatic rings. The van der Waals surface area contributed by atoms with Crippen LogP contribution in [0.25, 0.3) is 0 Å². The molecule has 0 atom stereocenters. The lowest BCUT2D eigenvalue weighted by molar-refractivity contribution is 0.0992. The van der Waals surface area contributed by atoms with Gasteiger partial charge in [0.15, 0.2) is 5.78 Å². The second-order valence-electron chi connectivity index (χ2n) is 3.32. The van der Waals surface area contributed by atoms with Crippen LogP contribution < -0.4 is 0 Å². The van der Waals surface area contributed by atoms with Gasteiger partial charge in [-0.25, -0.2) is 0 Å². The van der Waals surface area contributed by atoms with Gasteiger partial charge < -0.3 is 0 Å². The molecule has 0 aliphatic heterocycles. The van der Waals surface area contributed by atoms with Gasteiger partial charge in [-0.15, -0.1) is 0 Å². The first kappa shape index (κ1) is 9.71. The summed E-state index contributed by atoms with van der Waals surface area (Å²) in [6.45, 7) is 7.45. The molecule has 13 heavy (non-hydrogen) atoms. The summed E-state index contributed by atoms with van der Waals surface area (Å²) >= 11 is 0. The Labute approximate surface area is 78.1 Å². The molecule has 3 heteroatoms. The second kappa shape index (κ2) is 3.56. The monoisotopic (exact) mass is 178 g/mol. The molecule has 0 aliphatic rings. The average Bonchev–Trinajstić information content (AvgIpc) is 2.31. The Morgan fingerprint density at radius 1 is 1.69 bits per heavy atom. The normalized spacial score (nSPS) is 10.1. The molecule has 70 valence electrons. The van der Waals surface area contributed by atoms with Gasteiger partial charge >= 0.3 is 0 Å². The summed E-state index contributed by atoms with van der Waals surface area (Å²) in [6, 6.07) is 0. The van der Waals surface area contributed by atoms with Gasteiger partial charge in [-0.2, -0.15) is 5.10 Å². The van der Waals surface area contributed by atoms with Gasteiger partial charge in [-0.1, -0.05) is 12.2 Å². The fourth-order valence-corrected chi connectivity index (χ4v) is 1.14. The highest BCUT2D eigenvalue weighted by Crippen LogP contribution is 2.11. The Bertz CT molecular complexity index is 350. The lowest BCUT2D eigenvalue weighted by atomic mass is 10.1. The van der Waals surface area contributed by atoms with E-state index in [9.17, 15) is 4.79 Å². The molecule has 1 aromatic heterocycles. The van der Waals surface area contributed by atoms with Gasteiger partial charge in [-0.05, 0) is 13.8 Å². The summed E-state index contributed by atoms with van der Waals surface area (Å²) < 4.78 is 1.70. The molecule has 0 spiro atoms. The molecule has 0 aliphatic carbocycles. The van der Waals surface area contributed by atoms with E-state index in [0.717, 1.165) is 11.3 Å². The molecule has 0 unspecified atom stereocenters. The summed E-state index contributed by atoms with van der Waals surface area (Å²) in [5.74, 6) is 0.0955. The molecule has 1 heterocycles. The van der Waals surface area contributed by atoms with E-state index in [-0.39, 0.29) is 5.78 Å². The van der Waals surface area contributed by atoms with Crippen molar-refractivity contribution in [1.82, 2.24) is 9.78 Å². The van der Waals surface area contributed by atoms with Crippen LogP contribution in [0.3, 0.4) is 0 Å². The van der Waals surface area contributed by atoms with Gasteiger partial charge in [0.05, 0.1) is 11.8 Å². The van der Waals surface area contributed by atoms with Crippen LogP contribution in [0.1, 0.15) is 29.4 Å². The van der Waals surface area contributed by atoms with Crippen LogP contribution in [0.15, 0.2) is 18.3 Å². The first-order valence-electron chi connectivity index (χ1n) is 4.18. The maximum atomic E-state index is 11.6. The number of hydrogen-bond acceptors (Lipinski definition) is 2. The number of aryl methyl sites for hydroxylation is 1. The van der Waals surface area contributed by atoms with Gasteiger partial charge in [0.1, 0.15) is 0 Å². The maximum Gasteiger partial charge on any atom is 0.170 e. The lowest BCUT2D eigenvalue weighted by Gasteiger charge is -1.99. The molecule has 0 bridgehead atoms. The smallest absolute Gasteiger partial charge is 0.170 e. The van der Waals surface area contributed by atoms with Crippen LogP contribution in [-0.4, -0.2) is 15.6 Å². The number of Topliss-reactive ketones (excluding diaryl/α,β-unsaturated/α-hetero) is 1. The highest BCUT2D eigenvalue weighted by atomic mass is 16.1. The summed E-state index contributed by atoms with van der Waals surface area (Å²) in [6.07, 6.45) is 2.02. The van der Waals surface area contributed by atoms with Crippen molar-refractivity contribution in [3.05, 3.63) is 29.6 Å². The van der Waals surface area contributed by atoms with E-state index >= 15 is 0 Å². The zero-order chi connectivity index (χ0) is 10.0. The first-order valence-corrected chi connectivity index (χ1v) is 4.18. The SMILES string of the molecule is C=C(C)CC(=O)c1cnn(C)c1C. The van der Waals surface area contributed by atoms with Crippen LogP contribution >= 0.6 is 0 Å². The van der Waals surface area contributed by atoms with Crippen LogP contribution in [0.5, 0.6) is 0 Å². The first-order chi connectivity index (χ1) is 6.02.